The molecule has 0 aromatic carbocycles. The van der Waals surface area contributed by atoms with Gasteiger partial charge in [0.2, 0.25) is 11.6 Å². The average molecular weight is 235 g/mol. The molecule has 1 rings (SSSR count). The predicted molar refractivity (Wildman–Crippen MR) is 53.3 cm³/mol. The number of aliphatic hydroxyl groups excluding tert-OH is 1. The first-order valence-corrected chi connectivity index (χ1v) is 4.83. The second-order valence-corrected chi connectivity index (χ2v) is 3.62. The number of Topliss-reactive ketones (excluding diaryl/α,β-unsaturated/α-hetero) is 2. The van der Waals surface area contributed by atoms with Crippen molar-refractivity contribution >= 4 is 34.8 Å². The molecule has 0 aliphatic heterocycles. The molecule has 0 spiro atoms. The largest absolute Gasteiger partial charge is 0.505 e. The monoisotopic (exact) mass is 234 g/mol. The van der Waals surface area contributed by atoms with E-state index in [0.717, 1.165) is 0 Å². The van der Waals surface area contributed by atoms with Crippen molar-refractivity contribution in [3.05, 3.63) is 21.4 Å². The number of hydrogen-bond donors (Lipinski definition) is 1. The zero-order valence-corrected chi connectivity index (χ0v) is 8.95. The lowest BCUT2D eigenvalue weighted by Crippen LogP contribution is -2.23. The molecule has 0 heterocycles. The lowest BCUT2D eigenvalue weighted by Gasteiger charge is -2.13. The number of allylic oxidation sites excluding steroid dienone is 3. The Kier molecular flexibility index (Phi) is 3.34. The van der Waals surface area contributed by atoms with Gasteiger partial charge in [0.05, 0.1) is 5.03 Å². The predicted octanol–water partition coefficient (Wildman–Crippen LogP) is 2.44. The third-order valence-electron chi connectivity index (χ3n) is 1.86. The van der Waals surface area contributed by atoms with Gasteiger partial charge in [-0.1, -0.05) is 36.5 Å². The van der Waals surface area contributed by atoms with E-state index in [4.69, 9.17) is 23.2 Å². The maximum absolute atomic E-state index is 11.4. The van der Waals surface area contributed by atoms with Gasteiger partial charge in [-0.15, -0.1) is 0 Å². The molecule has 1 aliphatic rings. The molecule has 0 saturated carbocycles. The maximum atomic E-state index is 11.4. The van der Waals surface area contributed by atoms with Gasteiger partial charge in [-0.25, -0.2) is 0 Å². The number of hydrogen-bond acceptors (Lipinski definition) is 3. The third-order valence-corrected chi connectivity index (χ3v) is 2.62. The van der Waals surface area contributed by atoms with Gasteiger partial charge in [-0.05, 0) is 6.42 Å². The van der Waals surface area contributed by atoms with E-state index < -0.39 is 22.4 Å². The molecule has 0 radical (unpaired) electrons. The van der Waals surface area contributed by atoms with Crippen LogP contribution in [0.1, 0.15) is 19.8 Å². The van der Waals surface area contributed by atoms with Crippen LogP contribution < -0.4 is 0 Å². The molecular weight excluding hydrogens is 227 g/mol. The summed E-state index contributed by atoms with van der Waals surface area (Å²) >= 11 is 11.1. The normalized spacial score (nSPS) is 18.2. The number of aliphatic hydroxyl groups is 1. The minimum absolute atomic E-state index is 0.110. The fourth-order valence-electron chi connectivity index (χ4n) is 1.16. The van der Waals surface area contributed by atoms with Gasteiger partial charge in [0, 0.05) is 5.57 Å². The van der Waals surface area contributed by atoms with Crippen molar-refractivity contribution in [2.45, 2.75) is 19.8 Å². The molecule has 1 N–H and O–H groups in total. The summed E-state index contributed by atoms with van der Waals surface area (Å²) in [6.45, 7) is 1.84. The molecule has 3 nitrogen and oxygen atoms in total. The second kappa shape index (κ2) is 4.15. The maximum Gasteiger partial charge on any atom is 0.248 e. The summed E-state index contributed by atoms with van der Waals surface area (Å²) in [5.74, 6) is -2.11. The number of carbonyl (C=O) groups excluding carboxylic acids is 2. The summed E-state index contributed by atoms with van der Waals surface area (Å²) in [4.78, 5) is 22.5. The number of halogens is 2. The SMILES string of the molecule is CCCC1=C(Cl)C(O)=C(Cl)C(=O)C1=O. The molecule has 14 heavy (non-hydrogen) atoms. The molecule has 0 bridgehead atoms. The van der Waals surface area contributed by atoms with E-state index in [1.54, 1.807) is 0 Å². The Labute approximate surface area is 91.0 Å². The van der Waals surface area contributed by atoms with Crippen LogP contribution in [0.5, 0.6) is 0 Å². The first kappa shape index (κ1) is 11.3. The number of rotatable bonds is 2. The zero-order valence-electron chi connectivity index (χ0n) is 7.43. The van der Waals surface area contributed by atoms with Crippen molar-refractivity contribution < 1.29 is 14.7 Å². The van der Waals surface area contributed by atoms with E-state index >= 15 is 0 Å². The van der Waals surface area contributed by atoms with Crippen LogP contribution in [0.25, 0.3) is 0 Å². The molecule has 0 aromatic heterocycles. The van der Waals surface area contributed by atoms with Gasteiger partial charge in [0.25, 0.3) is 0 Å². The van der Waals surface area contributed by atoms with Crippen molar-refractivity contribution in [3.8, 4) is 0 Å². The van der Waals surface area contributed by atoms with Gasteiger partial charge >= 0.3 is 0 Å². The van der Waals surface area contributed by atoms with E-state index in [1.807, 2.05) is 6.92 Å². The van der Waals surface area contributed by atoms with Gasteiger partial charge in [-0.3, -0.25) is 9.59 Å². The smallest absolute Gasteiger partial charge is 0.248 e. The van der Waals surface area contributed by atoms with Gasteiger partial charge in [0.1, 0.15) is 5.03 Å². The van der Waals surface area contributed by atoms with E-state index in [-0.39, 0.29) is 10.6 Å². The third kappa shape index (κ3) is 1.70. The van der Waals surface area contributed by atoms with Crippen LogP contribution in [-0.4, -0.2) is 16.7 Å². The molecular formula is C9H8Cl2O3. The van der Waals surface area contributed by atoms with Gasteiger partial charge in [-0.2, -0.15) is 0 Å². The summed E-state index contributed by atoms with van der Waals surface area (Å²) in [6, 6.07) is 0. The highest BCUT2D eigenvalue weighted by Crippen LogP contribution is 2.31. The highest BCUT2D eigenvalue weighted by Gasteiger charge is 2.32. The molecule has 76 valence electrons. The summed E-state index contributed by atoms with van der Waals surface area (Å²) in [5.41, 5.74) is 0.140. The van der Waals surface area contributed by atoms with Crippen LogP contribution in [-0.2, 0) is 9.59 Å². The minimum atomic E-state index is -0.892. The van der Waals surface area contributed by atoms with E-state index in [9.17, 15) is 14.7 Å². The molecule has 0 saturated heterocycles. The lowest BCUT2D eigenvalue weighted by atomic mass is 9.97. The van der Waals surface area contributed by atoms with E-state index in [1.165, 1.54) is 0 Å². The molecule has 1 aliphatic carbocycles. The highest BCUT2D eigenvalue weighted by molar-refractivity contribution is 6.63. The lowest BCUT2D eigenvalue weighted by molar-refractivity contribution is -0.132. The van der Waals surface area contributed by atoms with Crippen molar-refractivity contribution in [2.75, 3.05) is 0 Å². The Morgan fingerprint density at radius 3 is 2.21 bits per heavy atom. The van der Waals surface area contributed by atoms with Crippen LogP contribution in [0.4, 0.5) is 0 Å². The van der Waals surface area contributed by atoms with Crippen LogP contribution >= 0.6 is 23.2 Å². The van der Waals surface area contributed by atoms with Crippen molar-refractivity contribution in [2.24, 2.45) is 0 Å². The first-order chi connectivity index (χ1) is 6.50. The first-order valence-electron chi connectivity index (χ1n) is 4.07. The molecule has 5 heteroatoms. The summed E-state index contributed by atoms with van der Waals surface area (Å²) in [7, 11) is 0. The molecule has 0 amide bonds. The van der Waals surface area contributed by atoms with Crippen molar-refractivity contribution in [3.63, 3.8) is 0 Å². The topological polar surface area (TPSA) is 54.4 Å². The fraction of sp³-hybridized carbons (Fsp3) is 0.333. The van der Waals surface area contributed by atoms with Crippen molar-refractivity contribution in [1.82, 2.24) is 0 Å². The van der Waals surface area contributed by atoms with E-state index in [0.29, 0.717) is 12.8 Å². The quantitative estimate of drug-likeness (QED) is 0.590. The Hall–Kier alpha value is -0.800. The standard InChI is InChI=1S/C9H8Cl2O3/c1-2-3-4-5(10)8(13)6(11)9(14)7(4)12/h13H,2-3H2,1H3. The average Bonchev–Trinajstić information content (AvgIpc) is 2.19. The van der Waals surface area contributed by atoms with Gasteiger partial charge < -0.3 is 5.11 Å². The van der Waals surface area contributed by atoms with Crippen molar-refractivity contribution in [1.29, 1.82) is 0 Å². The molecule has 0 atom stereocenters. The Morgan fingerprint density at radius 1 is 1.14 bits per heavy atom. The zero-order chi connectivity index (χ0) is 10.9. The van der Waals surface area contributed by atoms with Crippen LogP contribution in [0, 0.1) is 0 Å². The number of ketones is 2. The number of carbonyl (C=O) groups is 2. The Bertz CT molecular complexity index is 366. The molecule has 0 aromatic rings. The summed E-state index contributed by atoms with van der Waals surface area (Å²) in [6.07, 6.45) is 1.02. The molecule has 0 unspecified atom stereocenters. The van der Waals surface area contributed by atoms with Crippen LogP contribution in [0.15, 0.2) is 21.4 Å². The van der Waals surface area contributed by atoms with Crippen LogP contribution in [0.2, 0.25) is 0 Å². The van der Waals surface area contributed by atoms with Gasteiger partial charge in [0.15, 0.2) is 5.76 Å². The Morgan fingerprint density at radius 2 is 1.71 bits per heavy atom. The summed E-state index contributed by atoms with van der Waals surface area (Å²) in [5, 5.41) is 8.71. The Balaban J connectivity index is 3.25. The second-order valence-electron chi connectivity index (χ2n) is 2.86. The van der Waals surface area contributed by atoms with E-state index in [2.05, 4.69) is 0 Å². The minimum Gasteiger partial charge on any atom is -0.505 e. The molecule has 0 fully saturated rings. The summed E-state index contributed by atoms with van der Waals surface area (Å²) < 4.78 is 0. The fourth-order valence-corrected chi connectivity index (χ4v) is 1.66. The highest BCUT2D eigenvalue weighted by atomic mass is 35.5. The van der Waals surface area contributed by atoms with Crippen LogP contribution in [0.3, 0.4) is 0 Å².